The van der Waals surface area contributed by atoms with Crippen LogP contribution in [0.4, 0.5) is 10.5 Å². The number of nitrogens with zero attached hydrogens (tertiary/aromatic N) is 1. The van der Waals surface area contributed by atoms with Crippen molar-refractivity contribution in [3.63, 3.8) is 0 Å². The molecular weight excluding hydrogens is 532 g/mol. The number of carbonyl (C=O) groups excluding carboxylic acids is 3. The van der Waals surface area contributed by atoms with E-state index >= 15 is 0 Å². The average Bonchev–Trinajstić information content (AvgIpc) is 3.18. The van der Waals surface area contributed by atoms with Gasteiger partial charge in [-0.25, -0.2) is 0 Å². The molecule has 0 spiro atoms. The Bertz CT molecular complexity index is 1610. The van der Waals surface area contributed by atoms with E-state index in [-0.39, 0.29) is 11.4 Å². The molecular formula is C31H25ClN2O4S. The van der Waals surface area contributed by atoms with Crippen LogP contribution in [0.1, 0.15) is 22.3 Å². The number of hydrogen-bond acceptors (Lipinski definition) is 5. The number of ether oxygens (including phenoxy) is 1. The number of imide groups is 1. The molecule has 1 heterocycles. The third kappa shape index (κ3) is 5.85. The van der Waals surface area contributed by atoms with Gasteiger partial charge in [0.15, 0.2) is 0 Å². The van der Waals surface area contributed by atoms with Crippen molar-refractivity contribution in [2.45, 2.75) is 20.5 Å². The summed E-state index contributed by atoms with van der Waals surface area (Å²) in [6.07, 6.45) is 1.67. The molecule has 4 aromatic rings. The van der Waals surface area contributed by atoms with Gasteiger partial charge in [0, 0.05) is 16.3 Å². The van der Waals surface area contributed by atoms with Crippen molar-refractivity contribution in [3.8, 4) is 5.75 Å². The fourth-order valence-corrected chi connectivity index (χ4v) is 5.34. The second kappa shape index (κ2) is 11.4. The maximum atomic E-state index is 13.3. The summed E-state index contributed by atoms with van der Waals surface area (Å²) in [7, 11) is 0. The first-order chi connectivity index (χ1) is 18.8. The highest BCUT2D eigenvalue weighted by Crippen LogP contribution is 2.37. The number of amides is 3. The largest absolute Gasteiger partial charge is 0.488 e. The van der Waals surface area contributed by atoms with Crippen LogP contribution in [0.2, 0.25) is 5.02 Å². The molecule has 5 rings (SSSR count). The molecule has 1 saturated heterocycles. The van der Waals surface area contributed by atoms with Crippen LogP contribution < -0.4 is 10.1 Å². The van der Waals surface area contributed by atoms with Crippen LogP contribution in [0.5, 0.6) is 5.75 Å². The Morgan fingerprint density at radius 3 is 2.41 bits per heavy atom. The Morgan fingerprint density at radius 2 is 1.67 bits per heavy atom. The summed E-state index contributed by atoms with van der Waals surface area (Å²) in [6, 6.07) is 24.6. The van der Waals surface area contributed by atoms with Crippen LogP contribution in [0, 0.1) is 13.8 Å². The molecule has 1 aliphatic heterocycles. The number of halogens is 1. The van der Waals surface area contributed by atoms with Crippen LogP contribution in [0.15, 0.2) is 83.8 Å². The number of hydrogen-bond donors (Lipinski definition) is 1. The Morgan fingerprint density at radius 1 is 0.949 bits per heavy atom. The second-order valence-electron chi connectivity index (χ2n) is 9.20. The van der Waals surface area contributed by atoms with Gasteiger partial charge in [-0.05, 0) is 77.3 Å². The molecule has 0 radical (unpaired) electrons. The normalized spacial score (nSPS) is 14.3. The summed E-state index contributed by atoms with van der Waals surface area (Å²) in [5.74, 6) is -0.380. The van der Waals surface area contributed by atoms with Crippen molar-refractivity contribution < 1.29 is 19.1 Å². The Labute approximate surface area is 235 Å². The van der Waals surface area contributed by atoms with Crippen molar-refractivity contribution in [3.05, 3.63) is 111 Å². The monoisotopic (exact) mass is 556 g/mol. The van der Waals surface area contributed by atoms with E-state index in [0.717, 1.165) is 44.1 Å². The lowest BCUT2D eigenvalue weighted by atomic mass is 10.0. The lowest BCUT2D eigenvalue weighted by Gasteiger charge is -2.15. The van der Waals surface area contributed by atoms with E-state index < -0.39 is 17.1 Å². The number of para-hydroxylation sites is 1. The summed E-state index contributed by atoms with van der Waals surface area (Å²) in [5, 5.41) is 4.83. The fraction of sp³-hybridized carbons (Fsp3) is 0.129. The minimum Gasteiger partial charge on any atom is -0.488 e. The van der Waals surface area contributed by atoms with Gasteiger partial charge in [-0.2, -0.15) is 0 Å². The van der Waals surface area contributed by atoms with Crippen LogP contribution >= 0.6 is 23.4 Å². The predicted octanol–water partition coefficient (Wildman–Crippen LogP) is 7.36. The Hall–Kier alpha value is -4.07. The van der Waals surface area contributed by atoms with E-state index in [1.54, 1.807) is 18.2 Å². The van der Waals surface area contributed by atoms with Crippen molar-refractivity contribution in [1.29, 1.82) is 0 Å². The van der Waals surface area contributed by atoms with E-state index in [2.05, 4.69) is 5.32 Å². The highest BCUT2D eigenvalue weighted by molar-refractivity contribution is 8.18. The molecule has 6 nitrogen and oxygen atoms in total. The summed E-state index contributed by atoms with van der Waals surface area (Å²) in [5.41, 5.74) is 4.11. The van der Waals surface area contributed by atoms with Crippen molar-refractivity contribution in [2.75, 3.05) is 11.9 Å². The van der Waals surface area contributed by atoms with Crippen molar-refractivity contribution in [1.82, 2.24) is 4.90 Å². The summed E-state index contributed by atoms with van der Waals surface area (Å²) >= 11 is 6.81. The smallest absolute Gasteiger partial charge is 0.294 e. The standard InChI is InChI=1S/C31H25ClN2O4S/c1-19-6-5-7-20(2)29(19)33-28(35)17-34-30(36)27(39-31(34)37)16-25-24-9-4-3-8-22(24)12-15-26(25)38-18-21-10-13-23(32)14-11-21/h3-16H,17-18H2,1-2H3,(H,33,35)/b27-16+. The summed E-state index contributed by atoms with van der Waals surface area (Å²) < 4.78 is 6.15. The van der Waals surface area contributed by atoms with E-state index in [1.807, 2.05) is 80.6 Å². The zero-order valence-corrected chi connectivity index (χ0v) is 22.9. The van der Waals surface area contributed by atoms with Gasteiger partial charge in [-0.1, -0.05) is 72.3 Å². The number of carbonyl (C=O) groups is 3. The van der Waals surface area contributed by atoms with E-state index in [4.69, 9.17) is 16.3 Å². The third-order valence-electron chi connectivity index (χ3n) is 6.43. The van der Waals surface area contributed by atoms with Gasteiger partial charge in [0.05, 0.1) is 4.91 Å². The minimum absolute atomic E-state index is 0.229. The maximum absolute atomic E-state index is 13.3. The lowest BCUT2D eigenvalue weighted by molar-refractivity contribution is -0.127. The molecule has 4 aromatic carbocycles. The Balaban J connectivity index is 1.40. The lowest BCUT2D eigenvalue weighted by Crippen LogP contribution is -2.36. The zero-order chi connectivity index (χ0) is 27.5. The van der Waals surface area contributed by atoms with E-state index in [0.29, 0.717) is 28.6 Å². The number of rotatable bonds is 7. The molecule has 1 aliphatic rings. The molecule has 0 atom stereocenters. The topological polar surface area (TPSA) is 75.7 Å². The molecule has 1 N–H and O–H groups in total. The van der Waals surface area contributed by atoms with Gasteiger partial charge in [-0.15, -0.1) is 0 Å². The predicted molar refractivity (Wildman–Crippen MR) is 157 cm³/mol. The number of aryl methyl sites for hydroxylation is 2. The molecule has 39 heavy (non-hydrogen) atoms. The molecule has 0 aliphatic carbocycles. The molecule has 3 amide bonds. The van der Waals surface area contributed by atoms with Crippen LogP contribution in [0.3, 0.4) is 0 Å². The molecule has 8 heteroatoms. The number of benzene rings is 4. The minimum atomic E-state index is -0.516. The van der Waals surface area contributed by atoms with Gasteiger partial charge in [0.1, 0.15) is 18.9 Å². The van der Waals surface area contributed by atoms with Gasteiger partial charge in [0.25, 0.3) is 11.1 Å². The van der Waals surface area contributed by atoms with Crippen molar-refractivity contribution in [2.24, 2.45) is 0 Å². The summed E-state index contributed by atoms with van der Waals surface area (Å²) in [6.45, 7) is 3.71. The van der Waals surface area contributed by atoms with Crippen LogP contribution in [-0.4, -0.2) is 28.5 Å². The number of nitrogens with one attached hydrogen (secondary N) is 1. The van der Waals surface area contributed by atoms with Crippen LogP contribution in [0.25, 0.3) is 16.8 Å². The molecule has 0 saturated carbocycles. The first kappa shape index (κ1) is 26.5. The van der Waals surface area contributed by atoms with E-state index in [1.165, 1.54) is 0 Å². The number of anilines is 1. The Kier molecular flexibility index (Phi) is 7.72. The summed E-state index contributed by atoms with van der Waals surface area (Å²) in [4.78, 5) is 40.1. The highest BCUT2D eigenvalue weighted by atomic mass is 35.5. The fourth-order valence-electron chi connectivity index (χ4n) is 4.39. The third-order valence-corrected chi connectivity index (χ3v) is 7.59. The molecule has 1 fully saturated rings. The van der Waals surface area contributed by atoms with E-state index in [9.17, 15) is 14.4 Å². The quantitative estimate of drug-likeness (QED) is 0.241. The first-order valence-corrected chi connectivity index (χ1v) is 13.5. The highest BCUT2D eigenvalue weighted by Gasteiger charge is 2.36. The van der Waals surface area contributed by atoms with Crippen molar-refractivity contribution >= 4 is 63.0 Å². The average molecular weight is 557 g/mol. The van der Waals surface area contributed by atoms with Gasteiger partial charge >= 0.3 is 0 Å². The number of thioether (sulfide) groups is 1. The maximum Gasteiger partial charge on any atom is 0.294 e. The van der Waals surface area contributed by atoms with Gasteiger partial charge in [-0.3, -0.25) is 19.3 Å². The molecule has 0 aromatic heterocycles. The molecule has 0 bridgehead atoms. The number of fused-ring (bicyclic) bond motifs is 1. The second-order valence-corrected chi connectivity index (χ2v) is 10.6. The van der Waals surface area contributed by atoms with Gasteiger partial charge < -0.3 is 10.1 Å². The van der Waals surface area contributed by atoms with Gasteiger partial charge in [0.2, 0.25) is 5.91 Å². The SMILES string of the molecule is Cc1cccc(C)c1NC(=O)CN1C(=O)S/C(=C/c2c(OCc3ccc(Cl)cc3)ccc3ccccc23)C1=O. The first-order valence-electron chi connectivity index (χ1n) is 12.3. The van der Waals surface area contributed by atoms with Crippen LogP contribution in [-0.2, 0) is 16.2 Å². The molecule has 0 unspecified atom stereocenters. The molecule has 196 valence electrons. The zero-order valence-electron chi connectivity index (χ0n) is 21.4.